The normalized spacial score (nSPS) is 10.3. The second kappa shape index (κ2) is 6.30. The van der Waals surface area contributed by atoms with E-state index >= 15 is 0 Å². The Balaban J connectivity index is 2.31. The summed E-state index contributed by atoms with van der Waals surface area (Å²) in [6, 6.07) is 5.22. The molecule has 1 N–H and O–H groups in total. The molecule has 3 nitrogen and oxygen atoms in total. The quantitative estimate of drug-likeness (QED) is 0.733. The number of ether oxygens (including phenoxy) is 2. The molecule has 1 aromatic rings. The summed E-state index contributed by atoms with van der Waals surface area (Å²) in [7, 11) is 0. The van der Waals surface area contributed by atoms with Crippen molar-refractivity contribution in [3.05, 3.63) is 23.8 Å². The average molecular weight is 210 g/mol. The van der Waals surface area contributed by atoms with Crippen LogP contribution in [0.2, 0.25) is 0 Å². The Morgan fingerprint density at radius 2 is 2.00 bits per heavy atom. The number of phenolic OH excluding ortho intramolecular Hbond substituents is 1. The van der Waals surface area contributed by atoms with E-state index in [0.29, 0.717) is 19.0 Å². The number of benzene rings is 1. The number of aryl methyl sites for hydroxylation is 1. The standard InChI is InChI=1S/C12H18O3/c1-3-14-5-4-6-15-12-8-10(2)7-11(13)9-12/h7-9,13H,3-6H2,1-2H3. The molecular formula is C12H18O3. The molecule has 0 fully saturated rings. The maximum atomic E-state index is 9.33. The molecule has 0 bridgehead atoms. The van der Waals surface area contributed by atoms with Crippen LogP contribution in [0.15, 0.2) is 18.2 Å². The predicted octanol–water partition coefficient (Wildman–Crippen LogP) is 2.51. The molecule has 84 valence electrons. The zero-order chi connectivity index (χ0) is 11.1. The van der Waals surface area contributed by atoms with Gasteiger partial charge in [0.1, 0.15) is 11.5 Å². The summed E-state index contributed by atoms with van der Waals surface area (Å²) in [6.45, 7) is 5.97. The van der Waals surface area contributed by atoms with E-state index in [1.54, 1.807) is 12.1 Å². The van der Waals surface area contributed by atoms with Crippen molar-refractivity contribution < 1.29 is 14.6 Å². The lowest BCUT2D eigenvalue weighted by Gasteiger charge is -2.07. The van der Waals surface area contributed by atoms with Crippen LogP contribution in [0.1, 0.15) is 18.9 Å². The molecule has 1 rings (SSSR count). The Hall–Kier alpha value is -1.22. The first kappa shape index (κ1) is 11.9. The maximum absolute atomic E-state index is 9.33. The van der Waals surface area contributed by atoms with E-state index in [2.05, 4.69) is 0 Å². The minimum Gasteiger partial charge on any atom is -0.508 e. The lowest BCUT2D eigenvalue weighted by atomic mass is 10.2. The van der Waals surface area contributed by atoms with Crippen LogP contribution in [-0.4, -0.2) is 24.9 Å². The molecule has 0 spiro atoms. The molecule has 0 heterocycles. The minimum absolute atomic E-state index is 0.245. The second-order valence-electron chi connectivity index (χ2n) is 3.40. The Morgan fingerprint density at radius 3 is 2.67 bits per heavy atom. The van der Waals surface area contributed by atoms with Gasteiger partial charge in [0.15, 0.2) is 0 Å². The summed E-state index contributed by atoms with van der Waals surface area (Å²) in [5, 5.41) is 9.33. The summed E-state index contributed by atoms with van der Waals surface area (Å²) in [5.74, 6) is 0.957. The third-order valence-electron chi connectivity index (χ3n) is 1.94. The van der Waals surface area contributed by atoms with Crippen molar-refractivity contribution in [2.24, 2.45) is 0 Å². The molecule has 0 aliphatic carbocycles. The van der Waals surface area contributed by atoms with Crippen molar-refractivity contribution in [2.45, 2.75) is 20.3 Å². The van der Waals surface area contributed by atoms with E-state index in [9.17, 15) is 5.11 Å². The van der Waals surface area contributed by atoms with Crippen LogP contribution in [0.4, 0.5) is 0 Å². The fourth-order valence-electron chi connectivity index (χ4n) is 1.31. The third kappa shape index (κ3) is 4.70. The van der Waals surface area contributed by atoms with Crippen molar-refractivity contribution in [3.8, 4) is 11.5 Å². The Morgan fingerprint density at radius 1 is 1.20 bits per heavy atom. The second-order valence-corrected chi connectivity index (χ2v) is 3.40. The van der Waals surface area contributed by atoms with Crippen LogP contribution in [0.3, 0.4) is 0 Å². The fourth-order valence-corrected chi connectivity index (χ4v) is 1.31. The van der Waals surface area contributed by atoms with Crippen molar-refractivity contribution in [1.82, 2.24) is 0 Å². The Bertz CT molecular complexity index is 277. The van der Waals surface area contributed by atoms with Crippen molar-refractivity contribution in [1.29, 1.82) is 0 Å². The van der Waals surface area contributed by atoms with Crippen molar-refractivity contribution in [2.75, 3.05) is 19.8 Å². The molecule has 0 aromatic heterocycles. The van der Waals surface area contributed by atoms with E-state index in [1.165, 1.54) is 0 Å². The molecule has 0 saturated carbocycles. The Labute approximate surface area is 90.6 Å². The zero-order valence-electron chi connectivity index (χ0n) is 9.32. The molecule has 0 saturated heterocycles. The van der Waals surface area contributed by atoms with E-state index in [1.807, 2.05) is 19.9 Å². The van der Waals surface area contributed by atoms with Crippen molar-refractivity contribution >= 4 is 0 Å². The smallest absolute Gasteiger partial charge is 0.123 e. The number of phenols is 1. The topological polar surface area (TPSA) is 38.7 Å². The van der Waals surface area contributed by atoms with Crippen LogP contribution in [0.25, 0.3) is 0 Å². The number of aromatic hydroxyl groups is 1. The predicted molar refractivity (Wildman–Crippen MR) is 59.4 cm³/mol. The largest absolute Gasteiger partial charge is 0.508 e. The van der Waals surface area contributed by atoms with Gasteiger partial charge in [-0.1, -0.05) is 0 Å². The van der Waals surface area contributed by atoms with Gasteiger partial charge in [-0.15, -0.1) is 0 Å². The first-order valence-electron chi connectivity index (χ1n) is 5.23. The lowest BCUT2D eigenvalue weighted by molar-refractivity contribution is 0.131. The summed E-state index contributed by atoms with van der Waals surface area (Å²) < 4.78 is 10.7. The first-order valence-corrected chi connectivity index (χ1v) is 5.23. The molecule has 15 heavy (non-hydrogen) atoms. The number of rotatable bonds is 6. The lowest BCUT2D eigenvalue weighted by Crippen LogP contribution is -2.02. The van der Waals surface area contributed by atoms with E-state index in [0.717, 1.165) is 18.6 Å². The molecule has 0 amide bonds. The molecule has 0 atom stereocenters. The molecule has 1 aromatic carbocycles. The van der Waals surface area contributed by atoms with Crippen LogP contribution >= 0.6 is 0 Å². The summed E-state index contributed by atoms with van der Waals surface area (Å²) in [6.07, 6.45) is 0.864. The molecule has 0 unspecified atom stereocenters. The SMILES string of the molecule is CCOCCCOc1cc(C)cc(O)c1. The van der Waals surface area contributed by atoms with E-state index < -0.39 is 0 Å². The van der Waals surface area contributed by atoms with Crippen LogP contribution in [0.5, 0.6) is 11.5 Å². The minimum atomic E-state index is 0.245. The highest BCUT2D eigenvalue weighted by atomic mass is 16.5. The number of hydrogen-bond acceptors (Lipinski definition) is 3. The van der Waals surface area contributed by atoms with Gasteiger partial charge in [-0.25, -0.2) is 0 Å². The van der Waals surface area contributed by atoms with Gasteiger partial charge in [-0.3, -0.25) is 0 Å². The summed E-state index contributed by atoms with van der Waals surface area (Å²) >= 11 is 0. The first-order chi connectivity index (χ1) is 7.22. The molecule has 0 aliphatic heterocycles. The van der Waals surface area contributed by atoms with Gasteiger partial charge >= 0.3 is 0 Å². The Kier molecular flexibility index (Phi) is 4.98. The highest BCUT2D eigenvalue weighted by Crippen LogP contribution is 2.21. The molecule has 3 heteroatoms. The zero-order valence-corrected chi connectivity index (χ0v) is 9.32. The van der Waals surface area contributed by atoms with E-state index in [-0.39, 0.29) is 5.75 Å². The molecular weight excluding hydrogens is 192 g/mol. The monoisotopic (exact) mass is 210 g/mol. The van der Waals surface area contributed by atoms with Crippen LogP contribution < -0.4 is 4.74 Å². The van der Waals surface area contributed by atoms with E-state index in [4.69, 9.17) is 9.47 Å². The summed E-state index contributed by atoms with van der Waals surface area (Å²) in [5.41, 5.74) is 0.995. The van der Waals surface area contributed by atoms with Gasteiger partial charge in [0.2, 0.25) is 0 Å². The van der Waals surface area contributed by atoms with Gasteiger partial charge in [-0.05, 0) is 31.5 Å². The molecule has 0 aliphatic rings. The van der Waals surface area contributed by atoms with Crippen molar-refractivity contribution in [3.63, 3.8) is 0 Å². The van der Waals surface area contributed by atoms with Gasteiger partial charge in [0.25, 0.3) is 0 Å². The average Bonchev–Trinajstić information content (AvgIpc) is 2.16. The van der Waals surface area contributed by atoms with Crippen LogP contribution in [0, 0.1) is 6.92 Å². The van der Waals surface area contributed by atoms with Gasteiger partial charge in [-0.2, -0.15) is 0 Å². The van der Waals surface area contributed by atoms with Gasteiger partial charge < -0.3 is 14.6 Å². The third-order valence-corrected chi connectivity index (χ3v) is 1.94. The fraction of sp³-hybridized carbons (Fsp3) is 0.500. The molecule has 0 radical (unpaired) electrons. The number of hydrogen-bond donors (Lipinski definition) is 1. The highest BCUT2D eigenvalue weighted by molar-refractivity contribution is 5.36. The van der Waals surface area contributed by atoms with Crippen LogP contribution in [-0.2, 0) is 4.74 Å². The summed E-state index contributed by atoms with van der Waals surface area (Å²) in [4.78, 5) is 0. The maximum Gasteiger partial charge on any atom is 0.123 e. The highest BCUT2D eigenvalue weighted by Gasteiger charge is 1.98. The van der Waals surface area contributed by atoms with Gasteiger partial charge in [0.05, 0.1) is 6.61 Å². The van der Waals surface area contributed by atoms with Gasteiger partial charge in [0, 0.05) is 25.7 Å².